The van der Waals surface area contributed by atoms with Crippen LogP contribution in [-0.4, -0.2) is 52.4 Å². The van der Waals surface area contributed by atoms with E-state index in [9.17, 15) is 19.8 Å². The molecule has 4 aliphatic carbocycles. The summed E-state index contributed by atoms with van der Waals surface area (Å²) in [6.45, 7) is 7.30. The zero-order valence-electron chi connectivity index (χ0n) is 18.2. The summed E-state index contributed by atoms with van der Waals surface area (Å²) in [4.78, 5) is 24.9. The number of Topliss-reactive ketones (excluding diaryl/α,β-unsaturated/α-hetero) is 1. The average Bonchev–Trinajstić information content (AvgIpc) is 2.91. The van der Waals surface area contributed by atoms with Crippen LogP contribution >= 0.6 is 0 Å². The first-order chi connectivity index (χ1) is 13.9. The number of carbonyl (C=O) groups is 2. The van der Waals surface area contributed by atoms with Gasteiger partial charge in [0.2, 0.25) is 0 Å². The lowest BCUT2D eigenvalue weighted by Crippen LogP contribution is -2.66. The van der Waals surface area contributed by atoms with Crippen molar-refractivity contribution in [1.82, 2.24) is 0 Å². The number of hydrogen-bond acceptors (Lipinski definition) is 5. The van der Waals surface area contributed by atoms with Gasteiger partial charge in [0, 0.05) is 11.3 Å². The first-order valence-corrected chi connectivity index (χ1v) is 11.1. The fourth-order valence-electron chi connectivity index (χ4n) is 7.15. The standard InChI is InChI=1S/C24H33FO5/c1-13(2)30-12-19(28)21-18(27)10-17-16-6-5-14-9-15(26)7-8-23(14,4)24(16,25)20(29)11-22(17,21)3/h7-9,13,16-18,20-21,27,29H,5-6,10-12H2,1-4H3/t16-,17-,18+,20-,21+,22-,23-,24-/m0/s1. The van der Waals surface area contributed by atoms with Gasteiger partial charge in [-0.1, -0.05) is 18.6 Å². The van der Waals surface area contributed by atoms with E-state index in [1.807, 2.05) is 20.8 Å². The molecule has 2 N–H and O–H groups in total. The highest BCUT2D eigenvalue weighted by atomic mass is 19.1. The third-order valence-electron chi connectivity index (χ3n) is 8.57. The minimum absolute atomic E-state index is 0.0846. The normalized spacial score (nSPS) is 47.5. The van der Waals surface area contributed by atoms with E-state index in [2.05, 4.69) is 0 Å². The Bertz CT molecular complexity index is 818. The van der Waals surface area contributed by atoms with Gasteiger partial charge in [0.05, 0.1) is 24.2 Å². The van der Waals surface area contributed by atoms with Gasteiger partial charge in [-0.05, 0) is 69.9 Å². The summed E-state index contributed by atoms with van der Waals surface area (Å²) in [6.07, 6.45) is 3.78. The summed E-state index contributed by atoms with van der Waals surface area (Å²) in [7, 11) is 0. The molecular formula is C24H33FO5. The molecule has 0 heterocycles. The van der Waals surface area contributed by atoms with Crippen LogP contribution < -0.4 is 0 Å². The van der Waals surface area contributed by atoms with Crippen LogP contribution in [0.3, 0.4) is 0 Å². The highest BCUT2D eigenvalue weighted by Crippen LogP contribution is 2.68. The van der Waals surface area contributed by atoms with Crippen LogP contribution in [0.4, 0.5) is 4.39 Å². The Labute approximate surface area is 177 Å². The monoisotopic (exact) mass is 420 g/mol. The van der Waals surface area contributed by atoms with Crippen molar-refractivity contribution in [3.05, 3.63) is 23.8 Å². The summed E-state index contributed by atoms with van der Waals surface area (Å²) in [5, 5.41) is 22.1. The van der Waals surface area contributed by atoms with Crippen molar-refractivity contribution in [2.45, 2.75) is 77.4 Å². The fourth-order valence-corrected chi connectivity index (χ4v) is 7.15. The maximum absolute atomic E-state index is 16.9. The Balaban J connectivity index is 1.70. The van der Waals surface area contributed by atoms with E-state index < -0.39 is 40.5 Å². The van der Waals surface area contributed by atoms with Gasteiger partial charge in [0.1, 0.15) is 6.61 Å². The van der Waals surface area contributed by atoms with Crippen molar-refractivity contribution in [3.8, 4) is 0 Å². The van der Waals surface area contributed by atoms with E-state index in [0.29, 0.717) is 19.3 Å². The molecule has 166 valence electrons. The zero-order valence-corrected chi connectivity index (χ0v) is 18.2. The number of fused-ring (bicyclic) bond motifs is 5. The van der Waals surface area contributed by atoms with Gasteiger partial charge in [0.25, 0.3) is 0 Å². The van der Waals surface area contributed by atoms with Crippen molar-refractivity contribution in [1.29, 1.82) is 0 Å². The van der Waals surface area contributed by atoms with Gasteiger partial charge in [-0.15, -0.1) is 0 Å². The molecule has 0 aliphatic heterocycles. The molecule has 0 unspecified atom stereocenters. The van der Waals surface area contributed by atoms with Crippen molar-refractivity contribution in [2.24, 2.45) is 28.6 Å². The number of halogens is 1. The number of aliphatic hydroxyl groups excluding tert-OH is 2. The molecule has 0 amide bonds. The first-order valence-electron chi connectivity index (χ1n) is 11.1. The van der Waals surface area contributed by atoms with Crippen LogP contribution in [0.2, 0.25) is 0 Å². The van der Waals surface area contributed by atoms with Crippen molar-refractivity contribution < 1.29 is 28.9 Å². The molecule has 0 aromatic heterocycles. The van der Waals surface area contributed by atoms with E-state index in [-0.39, 0.29) is 36.6 Å². The quantitative estimate of drug-likeness (QED) is 0.731. The molecule has 0 saturated heterocycles. The molecule has 0 radical (unpaired) electrons. The molecule has 6 heteroatoms. The number of ketones is 2. The Morgan fingerprint density at radius 1 is 1.30 bits per heavy atom. The van der Waals surface area contributed by atoms with E-state index in [0.717, 1.165) is 5.57 Å². The number of rotatable bonds is 4. The zero-order chi connectivity index (χ0) is 22.1. The third kappa shape index (κ3) is 2.83. The molecule has 8 atom stereocenters. The van der Waals surface area contributed by atoms with E-state index in [4.69, 9.17) is 4.74 Å². The van der Waals surface area contributed by atoms with Crippen molar-refractivity contribution in [2.75, 3.05) is 6.61 Å². The first kappa shape index (κ1) is 21.8. The molecule has 3 saturated carbocycles. The van der Waals surface area contributed by atoms with E-state index >= 15 is 4.39 Å². The van der Waals surface area contributed by atoms with E-state index in [1.54, 1.807) is 13.0 Å². The number of hydrogen-bond donors (Lipinski definition) is 2. The van der Waals surface area contributed by atoms with Crippen molar-refractivity contribution in [3.63, 3.8) is 0 Å². The highest BCUT2D eigenvalue weighted by molar-refractivity contribution is 6.01. The molecular weight excluding hydrogens is 387 g/mol. The van der Waals surface area contributed by atoms with Crippen molar-refractivity contribution >= 4 is 11.6 Å². The number of aliphatic hydroxyl groups is 2. The van der Waals surface area contributed by atoms with Gasteiger partial charge in [-0.25, -0.2) is 4.39 Å². The summed E-state index contributed by atoms with van der Waals surface area (Å²) in [5.74, 6) is -1.71. The Morgan fingerprint density at radius 3 is 2.67 bits per heavy atom. The Hall–Kier alpha value is -1.37. The van der Waals surface area contributed by atoms with Crippen LogP contribution in [0.5, 0.6) is 0 Å². The maximum Gasteiger partial charge on any atom is 0.178 e. The maximum atomic E-state index is 16.9. The number of alkyl halides is 1. The lowest BCUT2D eigenvalue weighted by atomic mass is 9.45. The third-order valence-corrected chi connectivity index (χ3v) is 8.57. The van der Waals surface area contributed by atoms with Gasteiger partial charge < -0.3 is 14.9 Å². The number of carbonyl (C=O) groups excluding carboxylic acids is 2. The predicted molar refractivity (Wildman–Crippen MR) is 109 cm³/mol. The molecule has 30 heavy (non-hydrogen) atoms. The summed E-state index contributed by atoms with van der Waals surface area (Å²) in [6, 6.07) is 0. The molecule has 0 aromatic carbocycles. The molecule has 3 fully saturated rings. The van der Waals surface area contributed by atoms with Crippen LogP contribution in [0, 0.1) is 28.6 Å². The molecule has 4 rings (SSSR count). The van der Waals surface area contributed by atoms with Gasteiger partial charge in [0.15, 0.2) is 17.2 Å². The summed E-state index contributed by atoms with van der Waals surface area (Å²) >= 11 is 0. The molecule has 0 spiro atoms. The van der Waals surface area contributed by atoms with Crippen LogP contribution in [0.25, 0.3) is 0 Å². The lowest BCUT2D eigenvalue weighted by Gasteiger charge is -2.61. The molecule has 4 aliphatic rings. The smallest absolute Gasteiger partial charge is 0.178 e. The molecule has 0 bridgehead atoms. The average molecular weight is 421 g/mol. The second-order valence-electron chi connectivity index (χ2n) is 10.5. The van der Waals surface area contributed by atoms with Gasteiger partial charge in [-0.3, -0.25) is 9.59 Å². The topological polar surface area (TPSA) is 83.8 Å². The van der Waals surface area contributed by atoms with E-state index in [1.165, 1.54) is 12.2 Å². The number of ether oxygens (including phenoxy) is 1. The summed E-state index contributed by atoms with van der Waals surface area (Å²) in [5.41, 5.74) is -2.96. The lowest BCUT2D eigenvalue weighted by molar-refractivity contribution is -0.196. The fraction of sp³-hybridized carbons (Fsp3) is 0.750. The predicted octanol–water partition coefficient (Wildman–Crippen LogP) is 2.94. The van der Waals surface area contributed by atoms with Gasteiger partial charge >= 0.3 is 0 Å². The Kier molecular flexibility index (Phi) is 5.15. The molecule has 5 nitrogen and oxygen atoms in total. The number of allylic oxidation sites excluding steroid dienone is 4. The largest absolute Gasteiger partial charge is 0.392 e. The second kappa shape index (κ2) is 7.07. The second-order valence-corrected chi connectivity index (χ2v) is 10.5. The van der Waals surface area contributed by atoms with Crippen LogP contribution in [-0.2, 0) is 14.3 Å². The van der Waals surface area contributed by atoms with Gasteiger partial charge in [-0.2, -0.15) is 0 Å². The summed E-state index contributed by atoms with van der Waals surface area (Å²) < 4.78 is 22.4. The molecule has 0 aromatic rings. The van der Waals surface area contributed by atoms with Crippen LogP contribution in [0.15, 0.2) is 23.8 Å². The highest BCUT2D eigenvalue weighted by Gasteiger charge is 2.72. The Morgan fingerprint density at radius 2 is 2.00 bits per heavy atom. The SMILES string of the molecule is CC(C)OCC(=O)[C@H]1[C@H](O)C[C@H]2[C@@H]3CCC4=CC(=O)C=C[C@]4(C)[C@@]3(F)[C@@H](O)C[C@@]21C. The minimum Gasteiger partial charge on any atom is -0.392 e. The minimum atomic E-state index is -1.94. The van der Waals surface area contributed by atoms with Crippen LogP contribution in [0.1, 0.15) is 53.4 Å².